The zero-order chi connectivity index (χ0) is 16.9. The maximum atomic E-state index is 12.4. The van der Waals surface area contributed by atoms with Gasteiger partial charge in [0, 0.05) is 63.0 Å². The highest BCUT2D eigenvalue weighted by molar-refractivity contribution is 7.07. The molecule has 0 N–H and O–H groups in total. The molecule has 0 atom stereocenters. The lowest BCUT2D eigenvalue weighted by Crippen LogP contribution is -2.48. The average Bonchev–Trinajstić information content (AvgIpc) is 2.92. The van der Waals surface area contributed by atoms with E-state index in [4.69, 9.17) is 0 Å². The third-order valence-electron chi connectivity index (χ3n) is 4.36. The van der Waals surface area contributed by atoms with Gasteiger partial charge in [0.1, 0.15) is 0 Å². The highest BCUT2D eigenvalue weighted by Gasteiger charge is 2.21. The molecule has 24 heavy (non-hydrogen) atoms. The van der Waals surface area contributed by atoms with Crippen molar-refractivity contribution in [1.29, 1.82) is 0 Å². The van der Waals surface area contributed by atoms with Crippen LogP contribution in [0.2, 0.25) is 0 Å². The van der Waals surface area contributed by atoms with Gasteiger partial charge in [0.25, 0.3) is 0 Å². The predicted octanol–water partition coefficient (Wildman–Crippen LogP) is 1.35. The Morgan fingerprint density at radius 3 is 2.67 bits per heavy atom. The van der Waals surface area contributed by atoms with Crippen LogP contribution in [0.25, 0.3) is 0 Å². The number of carbonyl (C=O) groups excluding carboxylic acids is 1. The van der Waals surface area contributed by atoms with Crippen molar-refractivity contribution in [3.63, 3.8) is 0 Å². The lowest BCUT2D eigenvalue weighted by atomic mass is 10.2. The van der Waals surface area contributed by atoms with E-state index in [2.05, 4.69) is 9.88 Å². The van der Waals surface area contributed by atoms with E-state index < -0.39 is 0 Å². The summed E-state index contributed by atoms with van der Waals surface area (Å²) in [4.78, 5) is 32.6. The van der Waals surface area contributed by atoms with Gasteiger partial charge in [-0.15, -0.1) is 0 Å². The van der Waals surface area contributed by atoms with Crippen LogP contribution in [0.5, 0.6) is 0 Å². The van der Waals surface area contributed by atoms with E-state index in [1.807, 2.05) is 41.6 Å². The first-order valence-electron chi connectivity index (χ1n) is 8.18. The number of hydrogen-bond donors (Lipinski definition) is 0. The number of thiazole rings is 1. The fraction of sp³-hybridized carbons (Fsp3) is 0.471. The highest BCUT2D eigenvalue weighted by Crippen LogP contribution is 2.09. The van der Waals surface area contributed by atoms with Crippen LogP contribution in [0.15, 0.2) is 34.6 Å². The molecule has 1 aliphatic rings. The third-order valence-corrected chi connectivity index (χ3v) is 5.24. The van der Waals surface area contributed by atoms with Gasteiger partial charge in [0.2, 0.25) is 5.91 Å². The van der Waals surface area contributed by atoms with E-state index in [1.54, 1.807) is 4.57 Å². The molecule has 1 aliphatic heterocycles. The number of amides is 1. The topological polar surface area (TPSA) is 58.4 Å². The van der Waals surface area contributed by atoms with Crippen LogP contribution in [0, 0.1) is 6.92 Å². The molecular weight excluding hydrogens is 324 g/mol. The maximum absolute atomic E-state index is 12.4. The first-order chi connectivity index (χ1) is 11.6. The third kappa shape index (κ3) is 4.10. The second kappa shape index (κ2) is 7.72. The summed E-state index contributed by atoms with van der Waals surface area (Å²) in [7, 11) is 0. The summed E-state index contributed by atoms with van der Waals surface area (Å²) < 4.78 is 1.68. The van der Waals surface area contributed by atoms with Crippen molar-refractivity contribution in [3.8, 4) is 0 Å². The molecule has 2 aromatic heterocycles. The van der Waals surface area contributed by atoms with Gasteiger partial charge in [0.15, 0.2) is 0 Å². The molecule has 2 aromatic rings. The largest absolute Gasteiger partial charge is 0.340 e. The smallest absolute Gasteiger partial charge is 0.307 e. The lowest BCUT2D eigenvalue weighted by Gasteiger charge is -2.34. The van der Waals surface area contributed by atoms with Crippen molar-refractivity contribution in [2.24, 2.45) is 0 Å². The molecule has 0 radical (unpaired) electrons. The Morgan fingerprint density at radius 2 is 2.04 bits per heavy atom. The van der Waals surface area contributed by atoms with Gasteiger partial charge in [-0.2, -0.15) is 0 Å². The molecule has 0 aromatic carbocycles. The first-order valence-corrected chi connectivity index (χ1v) is 9.06. The van der Waals surface area contributed by atoms with Crippen LogP contribution in [0.4, 0.5) is 0 Å². The molecule has 0 unspecified atom stereocenters. The molecule has 0 aliphatic carbocycles. The minimum atomic E-state index is 0.0143. The molecule has 128 valence electrons. The van der Waals surface area contributed by atoms with Crippen LogP contribution in [0.3, 0.4) is 0 Å². The number of nitrogens with zero attached hydrogens (tertiary/aromatic N) is 4. The summed E-state index contributed by atoms with van der Waals surface area (Å²) in [5.41, 5.74) is 1.99. The Hall–Kier alpha value is -1.99. The van der Waals surface area contributed by atoms with Gasteiger partial charge in [-0.05, 0) is 19.1 Å². The predicted molar refractivity (Wildman–Crippen MR) is 94.0 cm³/mol. The Bertz CT molecular complexity index is 733. The Kier molecular flexibility index (Phi) is 5.42. The van der Waals surface area contributed by atoms with Crippen LogP contribution < -0.4 is 4.87 Å². The normalized spacial score (nSPS) is 15.6. The fourth-order valence-corrected chi connectivity index (χ4v) is 3.68. The van der Waals surface area contributed by atoms with Crippen molar-refractivity contribution >= 4 is 17.2 Å². The molecule has 3 heterocycles. The highest BCUT2D eigenvalue weighted by atomic mass is 32.1. The quantitative estimate of drug-likeness (QED) is 0.820. The number of piperazine rings is 1. The SMILES string of the molecule is Cc1csc(=O)n1CCC(=O)N1CCN(Cc2ccccn2)CC1. The van der Waals surface area contributed by atoms with Gasteiger partial charge in [-0.25, -0.2) is 0 Å². The molecule has 6 nitrogen and oxygen atoms in total. The van der Waals surface area contributed by atoms with E-state index in [0.29, 0.717) is 13.0 Å². The fourth-order valence-electron chi connectivity index (χ4n) is 2.92. The molecule has 1 amide bonds. The van der Waals surface area contributed by atoms with E-state index in [1.165, 1.54) is 11.3 Å². The van der Waals surface area contributed by atoms with Crippen molar-refractivity contribution < 1.29 is 4.79 Å². The second-order valence-electron chi connectivity index (χ2n) is 6.02. The molecular formula is C17H22N4O2S. The van der Waals surface area contributed by atoms with Crippen LogP contribution in [-0.4, -0.2) is 51.4 Å². The Labute approximate surface area is 145 Å². The van der Waals surface area contributed by atoms with Crippen LogP contribution in [-0.2, 0) is 17.9 Å². The second-order valence-corrected chi connectivity index (χ2v) is 6.84. The molecule has 0 saturated carbocycles. The summed E-state index contributed by atoms with van der Waals surface area (Å²) in [6.45, 7) is 6.40. The van der Waals surface area contributed by atoms with E-state index in [-0.39, 0.29) is 10.8 Å². The number of pyridine rings is 1. The molecule has 0 bridgehead atoms. The van der Waals surface area contributed by atoms with Crippen molar-refractivity contribution in [3.05, 3.63) is 50.8 Å². The van der Waals surface area contributed by atoms with Crippen molar-refractivity contribution in [2.45, 2.75) is 26.4 Å². The number of hydrogen-bond acceptors (Lipinski definition) is 5. The minimum Gasteiger partial charge on any atom is -0.340 e. The number of aromatic nitrogens is 2. The molecule has 3 rings (SSSR count). The van der Waals surface area contributed by atoms with Gasteiger partial charge < -0.3 is 9.47 Å². The summed E-state index contributed by atoms with van der Waals surface area (Å²) >= 11 is 1.19. The van der Waals surface area contributed by atoms with E-state index in [9.17, 15) is 9.59 Å². The van der Waals surface area contributed by atoms with Gasteiger partial charge in [-0.3, -0.25) is 19.5 Å². The first kappa shape index (κ1) is 16.9. The van der Waals surface area contributed by atoms with Crippen LogP contribution in [0.1, 0.15) is 17.8 Å². The van der Waals surface area contributed by atoms with Gasteiger partial charge in [0.05, 0.1) is 5.69 Å². The average molecular weight is 346 g/mol. The van der Waals surface area contributed by atoms with E-state index >= 15 is 0 Å². The van der Waals surface area contributed by atoms with Crippen LogP contribution >= 0.6 is 11.3 Å². The minimum absolute atomic E-state index is 0.0143. The Morgan fingerprint density at radius 1 is 1.25 bits per heavy atom. The number of rotatable bonds is 5. The van der Waals surface area contributed by atoms with Crippen molar-refractivity contribution in [2.75, 3.05) is 26.2 Å². The van der Waals surface area contributed by atoms with Crippen molar-refractivity contribution in [1.82, 2.24) is 19.4 Å². The lowest BCUT2D eigenvalue weighted by molar-refractivity contribution is -0.133. The van der Waals surface area contributed by atoms with E-state index in [0.717, 1.165) is 44.1 Å². The molecule has 0 spiro atoms. The monoisotopic (exact) mass is 346 g/mol. The van der Waals surface area contributed by atoms with Gasteiger partial charge in [-0.1, -0.05) is 17.4 Å². The summed E-state index contributed by atoms with van der Waals surface area (Å²) in [5, 5.41) is 1.84. The summed E-state index contributed by atoms with van der Waals surface area (Å²) in [6, 6.07) is 5.94. The van der Waals surface area contributed by atoms with Gasteiger partial charge >= 0.3 is 4.87 Å². The molecule has 7 heteroatoms. The summed E-state index contributed by atoms with van der Waals surface area (Å²) in [6.07, 6.45) is 2.20. The zero-order valence-electron chi connectivity index (χ0n) is 13.9. The zero-order valence-corrected chi connectivity index (χ0v) is 14.7. The number of carbonyl (C=O) groups is 1. The molecule has 1 fully saturated rings. The number of aryl methyl sites for hydroxylation is 1. The summed E-state index contributed by atoms with van der Waals surface area (Å²) in [5.74, 6) is 0.130. The standard InChI is InChI=1S/C17H22N4O2S/c1-14-13-24-17(23)21(14)7-5-16(22)20-10-8-19(9-11-20)12-15-4-2-3-6-18-15/h2-4,6,13H,5,7-12H2,1H3. The molecule has 1 saturated heterocycles. The maximum Gasteiger partial charge on any atom is 0.307 e. The Balaban J connectivity index is 1.46.